The molecule has 0 bridgehead atoms. The van der Waals surface area contributed by atoms with Crippen LogP contribution in [0.3, 0.4) is 0 Å². The number of rotatable bonds is 2. The lowest BCUT2D eigenvalue weighted by molar-refractivity contribution is 0.0948. The fourth-order valence-corrected chi connectivity index (χ4v) is 3.52. The van der Waals surface area contributed by atoms with Crippen LogP contribution in [0.5, 0.6) is 0 Å². The van der Waals surface area contributed by atoms with Gasteiger partial charge in [0.1, 0.15) is 0 Å². The molecular weight excluding hydrogens is 240 g/mol. The molecule has 1 heterocycles. The minimum Gasteiger partial charge on any atom is -0.293 e. The zero-order valence-electron chi connectivity index (χ0n) is 9.55. The Morgan fingerprint density at radius 2 is 2.25 bits per heavy atom. The minimum atomic E-state index is -0.241. The van der Waals surface area contributed by atoms with Crippen molar-refractivity contribution in [2.24, 2.45) is 0 Å². The van der Waals surface area contributed by atoms with E-state index in [1.54, 1.807) is 17.8 Å². The molecular formula is C13H15ClOS. The molecule has 86 valence electrons. The van der Waals surface area contributed by atoms with Gasteiger partial charge in [0, 0.05) is 10.6 Å². The van der Waals surface area contributed by atoms with E-state index >= 15 is 0 Å². The second-order valence-corrected chi connectivity index (χ2v) is 6.51. The normalized spacial score (nSPS) is 24.7. The number of halogens is 1. The quantitative estimate of drug-likeness (QED) is 0.739. The first kappa shape index (κ1) is 12.0. The highest BCUT2D eigenvalue weighted by Crippen LogP contribution is 2.40. The molecule has 0 amide bonds. The van der Waals surface area contributed by atoms with Crippen molar-refractivity contribution in [3.05, 3.63) is 34.3 Å². The summed E-state index contributed by atoms with van der Waals surface area (Å²) in [4.78, 5) is 12.5. The van der Waals surface area contributed by atoms with Crippen LogP contribution in [0, 0.1) is 6.92 Å². The van der Waals surface area contributed by atoms with Crippen LogP contribution < -0.4 is 0 Å². The van der Waals surface area contributed by atoms with E-state index in [-0.39, 0.29) is 10.5 Å². The summed E-state index contributed by atoms with van der Waals surface area (Å²) in [6.45, 7) is 4.01. The number of thioether (sulfide) groups is 1. The van der Waals surface area contributed by atoms with E-state index in [0.29, 0.717) is 5.02 Å². The summed E-state index contributed by atoms with van der Waals surface area (Å²) in [5.41, 5.74) is 1.80. The molecule has 16 heavy (non-hydrogen) atoms. The van der Waals surface area contributed by atoms with Crippen molar-refractivity contribution in [2.75, 3.05) is 5.75 Å². The van der Waals surface area contributed by atoms with Crippen molar-refractivity contribution in [3.8, 4) is 0 Å². The number of Topliss-reactive ketones (excluding diaryl/α,β-unsaturated/α-hetero) is 1. The second kappa shape index (κ2) is 4.42. The number of benzene rings is 1. The summed E-state index contributed by atoms with van der Waals surface area (Å²) in [7, 11) is 0. The second-order valence-electron chi connectivity index (χ2n) is 4.47. The van der Waals surface area contributed by atoms with Crippen molar-refractivity contribution in [2.45, 2.75) is 31.4 Å². The molecule has 0 aromatic heterocycles. The molecule has 0 saturated carbocycles. The summed E-state index contributed by atoms with van der Waals surface area (Å²) in [6.07, 6.45) is 2.11. The smallest absolute Gasteiger partial charge is 0.178 e. The first-order valence-corrected chi connectivity index (χ1v) is 6.84. The number of aryl methyl sites for hydroxylation is 1. The molecule has 1 aromatic rings. The molecule has 1 aliphatic heterocycles. The van der Waals surface area contributed by atoms with Gasteiger partial charge in [-0.05, 0) is 50.1 Å². The molecule has 1 aromatic carbocycles. The molecule has 1 atom stereocenters. The van der Waals surface area contributed by atoms with Crippen LogP contribution >= 0.6 is 23.4 Å². The van der Waals surface area contributed by atoms with Gasteiger partial charge in [-0.2, -0.15) is 0 Å². The molecule has 1 unspecified atom stereocenters. The summed E-state index contributed by atoms with van der Waals surface area (Å²) >= 11 is 7.72. The Bertz CT molecular complexity index is 422. The van der Waals surface area contributed by atoms with Crippen LogP contribution in [0.4, 0.5) is 0 Å². The van der Waals surface area contributed by atoms with Gasteiger partial charge in [0.25, 0.3) is 0 Å². The van der Waals surface area contributed by atoms with Crippen molar-refractivity contribution in [1.29, 1.82) is 0 Å². The minimum absolute atomic E-state index is 0.231. The van der Waals surface area contributed by atoms with Gasteiger partial charge in [-0.3, -0.25) is 4.79 Å². The number of hydrogen-bond acceptors (Lipinski definition) is 2. The van der Waals surface area contributed by atoms with Gasteiger partial charge < -0.3 is 0 Å². The predicted molar refractivity (Wildman–Crippen MR) is 70.6 cm³/mol. The standard InChI is InChI=1S/C13H15ClOS/c1-9-4-5-10(14)8-11(9)12(15)13(2)6-3-7-16-13/h4-5,8H,3,6-7H2,1-2H3. The monoisotopic (exact) mass is 254 g/mol. The highest BCUT2D eigenvalue weighted by molar-refractivity contribution is 8.01. The molecule has 1 nitrogen and oxygen atoms in total. The lowest BCUT2D eigenvalue weighted by atomic mass is 9.92. The average Bonchev–Trinajstić information content (AvgIpc) is 2.69. The maximum absolute atomic E-state index is 12.5. The number of carbonyl (C=O) groups is 1. The van der Waals surface area contributed by atoms with Gasteiger partial charge in [-0.1, -0.05) is 17.7 Å². The number of hydrogen-bond donors (Lipinski definition) is 0. The fraction of sp³-hybridized carbons (Fsp3) is 0.462. The summed E-state index contributed by atoms with van der Waals surface area (Å²) in [6, 6.07) is 5.54. The Morgan fingerprint density at radius 1 is 1.50 bits per heavy atom. The van der Waals surface area contributed by atoms with Crippen LogP contribution in [0.2, 0.25) is 5.02 Å². The zero-order valence-corrected chi connectivity index (χ0v) is 11.1. The average molecular weight is 255 g/mol. The van der Waals surface area contributed by atoms with Gasteiger partial charge in [-0.25, -0.2) is 0 Å². The fourth-order valence-electron chi connectivity index (χ4n) is 2.08. The Balaban J connectivity index is 2.36. The first-order valence-electron chi connectivity index (χ1n) is 5.48. The Hall–Kier alpha value is -0.470. The molecule has 3 heteroatoms. The summed E-state index contributed by atoms with van der Waals surface area (Å²) in [5.74, 6) is 1.32. The van der Waals surface area contributed by atoms with Crippen LogP contribution in [0.1, 0.15) is 35.7 Å². The molecule has 0 spiro atoms. The van der Waals surface area contributed by atoms with Crippen molar-refractivity contribution in [3.63, 3.8) is 0 Å². The topological polar surface area (TPSA) is 17.1 Å². The molecule has 1 aliphatic rings. The zero-order chi connectivity index (χ0) is 11.8. The molecule has 1 saturated heterocycles. The first-order chi connectivity index (χ1) is 7.53. The van der Waals surface area contributed by atoms with E-state index in [1.807, 2.05) is 26.0 Å². The van der Waals surface area contributed by atoms with E-state index in [9.17, 15) is 4.79 Å². The Labute approximate surface area is 106 Å². The lowest BCUT2D eigenvalue weighted by Gasteiger charge is -2.22. The summed E-state index contributed by atoms with van der Waals surface area (Å²) < 4.78 is -0.241. The SMILES string of the molecule is Cc1ccc(Cl)cc1C(=O)C1(C)CCCS1. The largest absolute Gasteiger partial charge is 0.293 e. The van der Waals surface area contributed by atoms with E-state index in [4.69, 9.17) is 11.6 Å². The molecule has 2 rings (SSSR count). The number of carbonyl (C=O) groups excluding carboxylic acids is 1. The van der Waals surface area contributed by atoms with Gasteiger partial charge in [0.05, 0.1) is 4.75 Å². The Morgan fingerprint density at radius 3 is 2.88 bits per heavy atom. The highest BCUT2D eigenvalue weighted by atomic mass is 35.5. The van der Waals surface area contributed by atoms with E-state index in [1.165, 1.54) is 0 Å². The third-order valence-electron chi connectivity index (χ3n) is 3.14. The third kappa shape index (κ3) is 2.14. The number of ketones is 1. The van der Waals surface area contributed by atoms with Gasteiger partial charge in [0.2, 0.25) is 0 Å². The molecule has 0 aliphatic carbocycles. The van der Waals surface area contributed by atoms with E-state index in [2.05, 4.69) is 0 Å². The van der Waals surface area contributed by atoms with Crippen LogP contribution in [-0.4, -0.2) is 16.3 Å². The van der Waals surface area contributed by atoms with Gasteiger partial charge >= 0.3 is 0 Å². The summed E-state index contributed by atoms with van der Waals surface area (Å²) in [5, 5.41) is 0.639. The predicted octanol–water partition coefficient (Wildman–Crippen LogP) is 4.12. The third-order valence-corrected chi connectivity index (χ3v) is 4.90. The van der Waals surface area contributed by atoms with Crippen LogP contribution in [0.15, 0.2) is 18.2 Å². The van der Waals surface area contributed by atoms with Crippen molar-refractivity contribution in [1.82, 2.24) is 0 Å². The molecule has 1 fully saturated rings. The van der Waals surface area contributed by atoms with Crippen LogP contribution in [0.25, 0.3) is 0 Å². The van der Waals surface area contributed by atoms with Crippen LogP contribution in [-0.2, 0) is 0 Å². The maximum Gasteiger partial charge on any atom is 0.178 e. The van der Waals surface area contributed by atoms with Gasteiger partial charge in [-0.15, -0.1) is 11.8 Å². The maximum atomic E-state index is 12.5. The molecule has 0 N–H and O–H groups in total. The molecule has 0 radical (unpaired) electrons. The Kier molecular flexibility index (Phi) is 3.32. The van der Waals surface area contributed by atoms with E-state index < -0.39 is 0 Å². The van der Waals surface area contributed by atoms with Gasteiger partial charge in [0.15, 0.2) is 5.78 Å². The highest BCUT2D eigenvalue weighted by Gasteiger charge is 2.38. The lowest BCUT2D eigenvalue weighted by Crippen LogP contribution is -2.29. The van der Waals surface area contributed by atoms with Crippen molar-refractivity contribution >= 4 is 29.1 Å². The van der Waals surface area contributed by atoms with Crippen molar-refractivity contribution < 1.29 is 4.79 Å². The van der Waals surface area contributed by atoms with E-state index in [0.717, 1.165) is 29.7 Å².